The van der Waals surface area contributed by atoms with E-state index in [0.717, 1.165) is 17.3 Å². The molecule has 0 atom stereocenters. The van der Waals surface area contributed by atoms with E-state index in [1.54, 1.807) is 6.20 Å². The van der Waals surface area contributed by atoms with Crippen molar-refractivity contribution in [1.29, 1.82) is 0 Å². The molecule has 4 heteroatoms. The van der Waals surface area contributed by atoms with Crippen molar-refractivity contribution in [2.24, 2.45) is 0 Å². The van der Waals surface area contributed by atoms with E-state index in [2.05, 4.69) is 10.4 Å². The highest BCUT2D eigenvalue weighted by atomic mass is 16.2. The molecule has 2 aromatic rings. The van der Waals surface area contributed by atoms with Gasteiger partial charge in [0.25, 0.3) is 0 Å². The van der Waals surface area contributed by atoms with Crippen LogP contribution >= 0.6 is 0 Å². The molecule has 1 heterocycles. The molecule has 0 saturated carbocycles. The van der Waals surface area contributed by atoms with Crippen molar-refractivity contribution < 1.29 is 4.79 Å². The van der Waals surface area contributed by atoms with Crippen LogP contribution in [0.5, 0.6) is 0 Å². The molecule has 0 radical (unpaired) electrons. The van der Waals surface area contributed by atoms with Gasteiger partial charge in [-0.2, -0.15) is 9.78 Å². The van der Waals surface area contributed by atoms with Crippen molar-refractivity contribution in [3.8, 4) is 0 Å². The molecule has 2 rings (SSSR count). The maximum absolute atomic E-state index is 11.7. The Bertz CT molecular complexity index is 475. The summed E-state index contributed by atoms with van der Waals surface area (Å²) in [6.45, 7) is 2.69. The number of para-hydroxylation sites is 1. The molecule has 0 spiro atoms. The maximum Gasteiger partial charge on any atom is 0.342 e. The number of aromatic nitrogens is 2. The van der Waals surface area contributed by atoms with Gasteiger partial charge in [-0.1, -0.05) is 25.1 Å². The monoisotopic (exact) mass is 203 g/mol. The third-order valence-corrected chi connectivity index (χ3v) is 2.20. The number of benzene rings is 1. The van der Waals surface area contributed by atoms with Gasteiger partial charge < -0.3 is 5.32 Å². The molecule has 0 fully saturated rings. The summed E-state index contributed by atoms with van der Waals surface area (Å²) >= 11 is 0. The summed E-state index contributed by atoms with van der Waals surface area (Å²) in [5.74, 6) is 0. The fraction of sp³-hybridized carbons (Fsp3) is 0.273. The van der Waals surface area contributed by atoms with E-state index in [0.29, 0.717) is 6.54 Å². The molecule has 0 bridgehead atoms. The lowest BCUT2D eigenvalue weighted by molar-refractivity contribution is 0.240. The molecule has 15 heavy (non-hydrogen) atoms. The zero-order valence-corrected chi connectivity index (χ0v) is 8.60. The van der Waals surface area contributed by atoms with Gasteiger partial charge in [0.05, 0.1) is 11.7 Å². The number of amides is 1. The van der Waals surface area contributed by atoms with Gasteiger partial charge in [0.1, 0.15) is 0 Å². The summed E-state index contributed by atoms with van der Waals surface area (Å²) in [4.78, 5) is 11.7. The number of fused-ring (bicyclic) bond motifs is 1. The van der Waals surface area contributed by atoms with Crippen LogP contribution in [0.3, 0.4) is 0 Å². The third kappa shape index (κ3) is 1.83. The summed E-state index contributed by atoms with van der Waals surface area (Å²) in [5.41, 5.74) is 0.839. The van der Waals surface area contributed by atoms with Gasteiger partial charge >= 0.3 is 6.03 Å². The van der Waals surface area contributed by atoms with Gasteiger partial charge in [-0.05, 0) is 12.5 Å². The van der Waals surface area contributed by atoms with Crippen LogP contribution in [0, 0.1) is 0 Å². The Morgan fingerprint density at radius 1 is 1.47 bits per heavy atom. The first-order chi connectivity index (χ1) is 7.33. The van der Waals surface area contributed by atoms with Crippen LogP contribution in [0.15, 0.2) is 30.5 Å². The Balaban J connectivity index is 2.31. The van der Waals surface area contributed by atoms with Gasteiger partial charge in [0.15, 0.2) is 0 Å². The smallest absolute Gasteiger partial charge is 0.336 e. The number of hydrogen-bond donors (Lipinski definition) is 1. The maximum atomic E-state index is 11.7. The largest absolute Gasteiger partial charge is 0.342 e. The predicted octanol–water partition coefficient (Wildman–Crippen LogP) is 2.00. The topological polar surface area (TPSA) is 46.9 Å². The van der Waals surface area contributed by atoms with Crippen LogP contribution in [0.2, 0.25) is 0 Å². The minimum absolute atomic E-state index is 0.168. The quantitative estimate of drug-likeness (QED) is 0.811. The number of carbonyl (C=O) groups is 1. The van der Waals surface area contributed by atoms with Gasteiger partial charge in [0.2, 0.25) is 0 Å². The minimum atomic E-state index is -0.168. The molecule has 1 aromatic heterocycles. The zero-order valence-electron chi connectivity index (χ0n) is 8.60. The average Bonchev–Trinajstić information content (AvgIpc) is 2.69. The standard InChI is InChI=1S/C11H13N3O/c1-2-7-12-11(15)14-10-6-4-3-5-9(10)8-13-14/h3-6,8H,2,7H2,1H3,(H,12,15). The van der Waals surface area contributed by atoms with Crippen LogP contribution in [-0.2, 0) is 0 Å². The van der Waals surface area contributed by atoms with Crippen molar-refractivity contribution in [2.45, 2.75) is 13.3 Å². The normalized spacial score (nSPS) is 10.5. The number of hydrogen-bond acceptors (Lipinski definition) is 2. The van der Waals surface area contributed by atoms with Crippen molar-refractivity contribution in [2.75, 3.05) is 6.54 Å². The van der Waals surface area contributed by atoms with E-state index in [1.807, 2.05) is 31.2 Å². The van der Waals surface area contributed by atoms with Crippen molar-refractivity contribution >= 4 is 16.9 Å². The van der Waals surface area contributed by atoms with E-state index in [9.17, 15) is 4.79 Å². The first-order valence-electron chi connectivity index (χ1n) is 5.04. The van der Waals surface area contributed by atoms with E-state index in [1.165, 1.54) is 4.68 Å². The fourth-order valence-electron chi connectivity index (χ4n) is 1.44. The van der Waals surface area contributed by atoms with Crippen LogP contribution in [0.4, 0.5) is 4.79 Å². The molecule has 0 aliphatic rings. The van der Waals surface area contributed by atoms with Gasteiger partial charge in [-0.15, -0.1) is 0 Å². The first-order valence-corrected chi connectivity index (χ1v) is 5.04. The highest BCUT2D eigenvalue weighted by Gasteiger charge is 2.08. The molecule has 78 valence electrons. The summed E-state index contributed by atoms with van der Waals surface area (Å²) in [6, 6.07) is 7.48. The SMILES string of the molecule is CCCNC(=O)n1ncc2ccccc21. The fourth-order valence-corrected chi connectivity index (χ4v) is 1.44. The lowest BCUT2D eigenvalue weighted by Crippen LogP contribution is -2.29. The molecular weight excluding hydrogens is 190 g/mol. The summed E-state index contributed by atoms with van der Waals surface area (Å²) in [6.07, 6.45) is 2.62. The Morgan fingerprint density at radius 2 is 2.27 bits per heavy atom. The summed E-state index contributed by atoms with van der Waals surface area (Å²) in [7, 11) is 0. The molecule has 0 aliphatic carbocycles. The molecule has 1 aromatic carbocycles. The van der Waals surface area contributed by atoms with Crippen molar-refractivity contribution in [3.63, 3.8) is 0 Å². The second-order valence-corrected chi connectivity index (χ2v) is 3.35. The molecule has 1 amide bonds. The predicted molar refractivity (Wildman–Crippen MR) is 58.8 cm³/mol. The number of rotatable bonds is 2. The lowest BCUT2D eigenvalue weighted by Gasteiger charge is -2.03. The number of nitrogens with zero attached hydrogens (tertiary/aromatic N) is 2. The second kappa shape index (κ2) is 4.13. The molecule has 4 nitrogen and oxygen atoms in total. The highest BCUT2D eigenvalue weighted by molar-refractivity contribution is 5.89. The zero-order chi connectivity index (χ0) is 10.7. The third-order valence-electron chi connectivity index (χ3n) is 2.20. The van der Waals surface area contributed by atoms with Crippen molar-refractivity contribution in [3.05, 3.63) is 30.5 Å². The lowest BCUT2D eigenvalue weighted by atomic mass is 10.3. The Morgan fingerprint density at radius 3 is 3.07 bits per heavy atom. The summed E-state index contributed by atoms with van der Waals surface area (Å²) in [5, 5.41) is 7.82. The van der Waals surface area contributed by atoms with E-state index >= 15 is 0 Å². The molecule has 0 saturated heterocycles. The van der Waals surface area contributed by atoms with Crippen molar-refractivity contribution in [1.82, 2.24) is 15.1 Å². The molecule has 1 N–H and O–H groups in total. The Kier molecular flexibility index (Phi) is 2.67. The molecule has 0 aliphatic heterocycles. The van der Waals surface area contributed by atoms with E-state index < -0.39 is 0 Å². The minimum Gasteiger partial charge on any atom is -0.336 e. The Labute approximate surface area is 87.9 Å². The van der Waals surface area contributed by atoms with Crippen LogP contribution in [0.25, 0.3) is 10.9 Å². The molecule has 0 unspecified atom stereocenters. The van der Waals surface area contributed by atoms with Crippen LogP contribution < -0.4 is 5.32 Å². The summed E-state index contributed by atoms with van der Waals surface area (Å²) < 4.78 is 1.39. The average molecular weight is 203 g/mol. The van der Waals surface area contributed by atoms with Crippen LogP contribution in [-0.4, -0.2) is 22.4 Å². The van der Waals surface area contributed by atoms with Gasteiger partial charge in [-0.25, -0.2) is 4.79 Å². The van der Waals surface area contributed by atoms with E-state index in [4.69, 9.17) is 0 Å². The number of carbonyl (C=O) groups excluding carboxylic acids is 1. The van der Waals surface area contributed by atoms with Gasteiger partial charge in [0, 0.05) is 11.9 Å². The molecular formula is C11H13N3O. The number of nitrogens with one attached hydrogen (secondary N) is 1. The second-order valence-electron chi connectivity index (χ2n) is 3.35. The van der Waals surface area contributed by atoms with E-state index in [-0.39, 0.29) is 6.03 Å². The Hall–Kier alpha value is -1.84. The van der Waals surface area contributed by atoms with Crippen LogP contribution in [0.1, 0.15) is 13.3 Å². The highest BCUT2D eigenvalue weighted by Crippen LogP contribution is 2.11. The first kappa shape index (κ1) is 9.71. The van der Waals surface area contributed by atoms with Gasteiger partial charge in [-0.3, -0.25) is 0 Å².